The van der Waals surface area contributed by atoms with E-state index in [-0.39, 0.29) is 24.3 Å². The SMILES string of the molecule is CC[C@@H]1NC(=O)CCC[C@H]1CC(=O)O. The molecule has 0 aromatic heterocycles. The number of aliphatic carboxylic acids is 1. The number of carbonyl (C=O) groups is 2. The third kappa shape index (κ3) is 3.01. The van der Waals surface area contributed by atoms with Crippen molar-refractivity contribution in [1.29, 1.82) is 0 Å². The zero-order valence-electron chi connectivity index (χ0n) is 8.45. The minimum atomic E-state index is -0.774. The Balaban J connectivity index is 2.60. The Hall–Kier alpha value is -1.06. The van der Waals surface area contributed by atoms with Gasteiger partial charge in [0.15, 0.2) is 0 Å². The summed E-state index contributed by atoms with van der Waals surface area (Å²) in [6.07, 6.45) is 3.15. The second-order valence-electron chi connectivity index (χ2n) is 3.83. The molecule has 0 bridgehead atoms. The van der Waals surface area contributed by atoms with Crippen LogP contribution in [0.5, 0.6) is 0 Å². The lowest BCUT2D eigenvalue weighted by atomic mass is 9.91. The molecule has 1 aliphatic rings. The van der Waals surface area contributed by atoms with Crippen LogP contribution in [0.15, 0.2) is 0 Å². The number of nitrogens with one attached hydrogen (secondary N) is 1. The Morgan fingerprint density at radius 3 is 2.93 bits per heavy atom. The summed E-state index contributed by atoms with van der Waals surface area (Å²) in [6.45, 7) is 1.98. The van der Waals surface area contributed by atoms with E-state index in [4.69, 9.17) is 5.11 Å². The fourth-order valence-corrected chi connectivity index (χ4v) is 2.03. The predicted octanol–water partition coefficient (Wildman–Crippen LogP) is 1.16. The molecular formula is C10H17NO3. The molecule has 2 atom stereocenters. The highest BCUT2D eigenvalue weighted by Gasteiger charge is 2.26. The van der Waals surface area contributed by atoms with Gasteiger partial charge in [-0.25, -0.2) is 0 Å². The van der Waals surface area contributed by atoms with E-state index in [1.165, 1.54) is 0 Å². The Bertz CT molecular complexity index is 227. The predicted molar refractivity (Wildman–Crippen MR) is 51.8 cm³/mol. The summed E-state index contributed by atoms with van der Waals surface area (Å²) in [4.78, 5) is 21.8. The van der Waals surface area contributed by atoms with Crippen LogP contribution in [0.3, 0.4) is 0 Å². The van der Waals surface area contributed by atoms with Crippen LogP contribution in [0.2, 0.25) is 0 Å². The summed E-state index contributed by atoms with van der Waals surface area (Å²) in [6, 6.07) is 0.0427. The smallest absolute Gasteiger partial charge is 0.303 e. The van der Waals surface area contributed by atoms with Gasteiger partial charge in [0.1, 0.15) is 0 Å². The standard InChI is InChI=1S/C10H17NO3/c1-2-8-7(6-10(13)14)4-3-5-9(12)11-8/h7-8H,2-6H2,1H3,(H,11,12)(H,13,14)/t7-,8-/m0/s1. The number of carboxylic acid groups (broad SMARTS) is 1. The van der Waals surface area contributed by atoms with E-state index in [0.717, 1.165) is 19.3 Å². The molecule has 4 nitrogen and oxygen atoms in total. The van der Waals surface area contributed by atoms with Gasteiger partial charge in [-0.3, -0.25) is 9.59 Å². The van der Waals surface area contributed by atoms with E-state index in [2.05, 4.69) is 5.32 Å². The lowest BCUT2D eigenvalue weighted by Gasteiger charge is -2.22. The summed E-state index contributed by atoms with van der Waals surface area (Å²) in [7, 11) is 0. The number of carbonyl (C=O) groups excluding carboxylic acids is 1. The molecule has 1 saturated heterocycles. The van der Waals surface area contributed by atoms with E-state index in [9.17, 15) is 9.59 Å². The van der Waals surface area contributed by atoms with Gasteiger partial charge in [-0.05, 0) is 25.2 Å². The van der Waals surface area contributed by atoms with Crippen LogP contribution < -0.4 is 5.32 Å². The fourth-order valence-electron chi connectivity index (χ4n) is 2.03. The summed E-state index contributed by atoms with van der Waals surface area (Å²) in [5, 5.41) is 11.6. The molecule has 80 valence electrons. The van der Waals surface area contributed by atoms with Crippen molar-refractivity contribution in [3.05, 3.63) is 0 Å². The first-order valence-corrected chi connectivity index (χ1v) is 5.14. The maximum Gasteiger partial charge on any atom is 0.303 e. The van der Waals surface area contributed by atoms with Gasteiger partial charge in [-0.2, -0.15) is 0 Å². The molecule has 0 aromatic rings. The van der Waals surface area contributed by atoms with E-state index in [0.29, 0.717) is 6.42 Å². The van der Waals surface area contributed by atoms with Crippen LogP contribution in [0.1, 0.15) is 39.0 Å². The van der Waals surface area contributed by atoms with E-state index >= 15 is 0 Å². The number of hydrogen-bond acceptors (Lipinski definition) is 2. The molecule has 4 heteroatoms. The summed E-state index contributed by atoms with van der Waals surface area (Å²) < 4.78 is 0. The summed E-state index contributed by atoms with van der Waals surface area (Å²) in [5.74, 6) is -0.613. The van der Waals surface area contributed by atoms with Crippen molar-refractivity contribution in [2.24, 2.45) is 5.92 Å². The van der Waals surface area contributed by atoms with Gasteiger partial charge in [-0.15, -0.1) is 0 Å². The van der Waals surface area contributed by atoms with Crippen LogP contribution in [0.4, 0.5) is 0 Å². The Labute approximate surface area is 83.7 Å². The van der Waals surface area contributed by atoms with Crippen molar-refractivity contribution in [3.8, 4) is 0 Å². The molecule has 0 aliphatic carbocycles. The number of rotatable bonds is 3. The molecule has 1 amide bonds. The molecule has 2 N–H and O–H groups in total. The van der Waals surface area contributed by atoms with Crippen LogP contribution >= 0.6 is 0 Å². The largest absolute Gasteiger partial charge is 0.481 e. The maximum absolute atomic E-state index is 11.2. The second kappa shape index (κ2) is 4.98. The molecule has 14 heavy (non-hydrogen) atoms. The molecule has 1 heterocycles. The van der Waals surface area contributed by atoms with Gasteiger partial charge < -0.3 is 10.4 Å². The molecule has 0 radical (unpaired) electrons. The van der Waals surface area contributed by atoms with E-state index < -0.39 is 5.97 Å². The minimum Gasteiger partial charge on any atom is -0.481 e. The van der Waals surface area contributed by atoms with Crippen molar-refractivity contribution in [2.75, 3.05) is 0 Å². The van der Waals surface area contributed by atoms with Crippen molar-refractivity contribution >= 4 is 11.9 Å². The number of carboxylic acids is 1. The van der Waals surface area contributed by atoms with Crippen molar-refractivity contribution < 1.29 is 14.7 Å². The second-order valence-corrected chi connectivity index (χ2v) is 3.83. The normalized spacial score (nSPS) is 27.9. The third-order valence-corrected chi connectivity index (χ3v) is 2.77. The van der Waals surface area contributed by atoms with Gasteiger partial charge in [0.25, 0.3) is 0 Å². The van der Waals surface area contributed by atoms with Gasteiger partial charge in [0, 0.05) is 12.5 Å². The van der Waals surface area contributed by atoms with Crippen molar-refractivity contribution in [3.63, 3.8) is 0 Å². The summed E-state index contributed by atoms with van der Waals surface area (Å²) >= 11 is 0. The van der Waals surface area contributed by atoms with E-state index in [1.807, 2.05) is 6.92 Å². The topological polar surface area (TPSA) is 66.4 Å². The lowest BCUT2D eigenvalue weighted by molar-refractivity contribution is -0.138. The Morgan fingerprint density at radius 2 is 2.36 bits per heavy atom. The Kier molecular flexibility index (Phi) is 3.92. The Morgan fingerprint density at radius 1 is 1.64 bits per heavy atom. The molecular weight excluding hydrogens is 182 g/mol. The van der Waals surface area contributed by atoms with E-state index in [1.54, 1.807) is 0 Å². The van der Waals surface area contributed by atoms with Gasteiger partial charge >= 0.3 is 5.97 Å². The summed E-state index contributed by atoms with van der Waals surface area (Å²) in [5.41, 5.74) is 0. The van der Waals surface area contributed by atoms with Crippen LogP contribution in [0.25, 0.3) is 0 Å². The molecule has 0 saturated carbocycles. The fraction of sp³-hybridized carbons (Fsp3) is 0.800. The van der Waals surface area contributed by atoms with Crippen LogP contribution in [-0.4, -0.2) is 23.0 Å². The maximum atomic E-state index is 11.2. The minimum absolute atomic E-state index is 0.0427. The van der Waals surface area contributed by atoms with Gasteiger partial charge in [0.05, 0.1) is 6.42 Å². The number of amides is 1. The highest BCUT2D eigenvalue weighted by Crippen LogP contribution is 2.22. The van der Waals surface area contributed by atoms with Crippen LogP contribution in [0, 0.1) is 5.92 Å². The molecule has 0 unspecified atom stereocenters. The first-order chi connectivity index (χ1) is 6.63. The zero-order chi connectivity index (χ0) is 10.6. The van der Waals surface area contributed by atoms with Gasteiger partial charge in [-0.1, -0.05) is 6.92 Å². The molecule has 1 fully saturated rings. The molecule has 1 aliphatic heterocycles. The van der Waals surface area contributed by atoms with Gasteiger partial charge in [0.2, 0.25) is 5.91 Å². The highest BCUT2D eigenvalue weighted by atomic mass is 16.4. The number of hydrogen-bond donors (Lipinski definition) is 2. The van der Waals surface area contributed by atoms with Crippen LogP contribution in [-0.2, 0) is 9.59 Å². The monoisotopic (exact) mass is 199 g/mol. The molecule has 1 rings (SSSR count). The average molecular weight is 199 g/mol. The third-order valence-electron chi connectivity index (χ3n) is 2.77. The quantitative estimate of drug-likeness (QED) is 0.716. The van der Waals surface area contributed by atoms with Crippen molar-refractivity contribution in [1.82, 2.24) is 5.32 Å². The molecule has 0 spiro atoms. The highest BCUT2D eigenvalue weighted by molar-refractivity contribution is 5.76. The first kappa shape index (κ1) is 11.0. The average Bonchev–Trinajstić information content (AvgIpc) is 2.27. The first-order valence-electron chi connectivity index (χ1n) is 5.14. The van der Waals surface area contributed by atoms with Crippen molar-refractivity contribution in [2.45, 2.75) is 45.1 Å². The lowest BCUT2D eigenvalue weighted by Crippen LogP contribution is -2.38. The molecule has 0 aromatic carbocycles. The zero-order valence-corrected chi connectivity index (χ0v) is 8.45.